The molecule has 0 unspecified atom stereocenters. The quantitative estimate of drug-likeness (QED) is 0.797. The summed E-state index contributed by atoms with van der Waals surface area (Å²) in [5.41, 5.74) is 1.76. The molecule has 2 aromatic carbocycles. The molecule has 0 saturated heterocycles. The summed E-state index contributed by atoms with van der Waals surface area (Å²) in [7, 11) is 3.98. The van der Waals surface area contributed by atoms with E-state index in [4.69, 9.17) is 4.74 Å². The Labute approximate surface area is 135 Å². The van der Waals surface area contributed by atoms with Crippen molar-refractivity contribution in [2.75, 3.05) is 27.2 Å². The fourth-order valence-corrected chi connectivity index (χ4v) is 2.75. The first-order chi connectivity index (χ1) is 11.1. The van der Waals surface area contributed by atoms with Gasteiger partial charge in [-0.15, -0.1) is 0 Å². The topological polar surface area (TPSA) is 46.6 Å². The van der Waals surface area contributed by atoms with Crippen LogP contribution in [0.25, 0.3) is 0 Å². The summed E-state index contributed by atoms with van der Waals surface area (Å²) in [6.07, 6.45) is 0. The number of benzene rings is 2. The van der Waals surface area contributed by atoms with Crippen molar-refractivity contribution in [2.24, 2.45) is 0 Å². The number of hydrogen-bond acceptors (Lipinski definition) is 4. The predicted molar refractivity (Wildman–Crippen MR) is 88.3 cm³/mol. The van der Waals surface area contributed by atoms with E-state index in [0.717, 1.165) is 17.9 Å². The SMILES string of the molecule is CN(C)CCOc1ccc(C2C(=O)c3ccccc3C2=O)cc1. The largest absolute Gasteiger partial charge is 0.492 e. The van der Waals surface area contributed by atoms with Crippen LogP contribution in [0.1, 0.15) is 32.2 Å². The number of Topliss-reactive ketones (excluding diaryl/α,β-unsaturated/α-hetero) is 2. The molecule has 0 amide bonds. The molecule has 1 aliphatic carbocycles. The van der Waals surface area contributed by atoms with Crippen molar-refractivity contribution in [3.63, 3.8) is 0 Å². The van der Waals surface area contributed by atoms with Gasteiger partial charge in [0.1, 0.15) is 18.3 Å². The number of likely N-dealkylation sites (N-methyl/N-ethyl adjacent to an activating group) is 1. The molecule has 0 atom stereocenters. The number of carbonyl (C=O) groups is 2. The van der Waals surface area contributed by atoms with Gasteiger partial charge in [0.25, 0.3) is 0 Å². The van der Waals surface area contributed by atoms with Gasteiger partial charge in [-0.25, -0.2) is 0 Å². The minimum Gasteiger partial charge on any atom is -0.492 e. The molecule has 23 heavy (non-hydrogen) atoms. The van der Waals surface area contributed by atoms with Crippen LogP contribution in [-0.2, 0) is 0 Å². The van der Waals surface area contributed by atoms with Gasteiger partial charge >= 0.3 is 0 Å². The number of fused-ring (bicyclic) bond motifs is 1. The third kappa shape index (κ3) is 3.03. The van der Waals surface area contributed by atoms with Gasteiger partial charge in [-0.05, 0) is 31.8 Å². The monoisotopic (exact) mass is 309 g/mol. The highest BCUT2D eigenvalue weighted by Gasteiger charge is 2.39. The van der Waals surface area contributed by atoms with E-state index < -0.39 is 5.92 Å². The van der Waals surface area contributed by atoms with E-state index in [1.165, 1.54) is 0 Å². The maximum atomic E-state index is 12.5. The second-order valence-corrected chi connectivity index (χ2v) is 5.93. The van der Waals surface area contributed by atoms with Gasteiger partial charge in [0.2, 0.25) is 0 Å². The number of nitrogens with zero attached hydrogens (tertiary/aromatic N) is 1. The van der Waals surface area contributed by atoms with Gasteiger partial charge in [-0.1, -0.05) is 36.4 Å². The van der Waals surface area contributed by atoms with Crippen molar-refractivity contribution >= 4 is 11.6 Å². The van der Waals surface area contributed by atoms with Crippen LogP contribution in [0.3, 0.4) is 0 Å². The van der Waals surface area contributed by atoms with Gasteiger partial charge < -0.3 is 9.64 Å². The Bertz CT molecular complexity index is 700. The molecule has 0 heterocycles. The van der Waals surface area contributed by atoms with E-state index in [1.807, 2.05) is 31.1 Å². The Morgan fingerprint density at radius 3 is 2.00 bits per heavy atom. The first-order valence-electron chi connectivity index (χ1n) is 7.63. The highest BCUT2D eigenvalue weighted by Crippen LogP contribution is 2.34. The van der Waals surface area contributed by atoms with Crippen LogP contribution in [0.4, 0.5) is 0 Å². The Morgan fingerprint density at radius 2 is 1.48 bits per heavy atom. The normalized spacial score (nSPS) is 14.4. The summed E-state index contributed by atoms with van der Waals surface area (Å²) in [5, 5.41) is 0. The molecule has 0 bridgehead atoms. The smallest absolute Gasteiger partial charge is 0.178 e. The molecule has 0 N–H and O–H groups in total. The molecule has 0 saturated carbocycles. The van der Waals surface area contributed by atoms with Crippen molar-refractivity contribution in [3.8, 4) is 5.75 Å². The molecule has 0 fully saturated rings. The number of ketones is 2. The van der Waals surface area contributed by atoms with Crippen molar-refractivity contribution in [2.45, 2.75) is 5.92 Å². The molecule has 2 aromatic rings. The zero-order valence-electron chi connectivity index (χ0n) is 13.3. The highest BCUT2D eigenvalue weighted by molar-refractivity contribution is 6.29. The van der Waals surface area contributed by atoms with Crippen molar-refractivity contribution in [1.82, 2.24) is 4.90 Å². The lowest BCUT2D eigenvalue weighted by Crippen LogP contribution is -2.19. The molecular formula is C19H19NO3. The maximum Gasteiger partial charge on any atom is 0.178 e. The van der Waals surface area contributed by atoms with Crippen LogP contribution < -0.4 is 4.74 Å². The van der Waals surface area contributed by atoms with Crippen LogP contribution in [0.2, 0.25) is 0 Å². The number of rotatable bonds is 5. The van der Waals surface area contributed by atoms with Crippen LogP contribution in [0.15, 0.2) is 48.5 Å². The second-order valence-electron chi connectivity index (χ2n) is 5.93. The Hall–Kier alpha value is -2.46. The van der Waals surface area contributed by atoms with E-state index in [1.54, 1.807) is 36.4 Å². The van der Waals surface area contributed by atoms with Gasteiger partial charge in [0.15, 0.2) is 11.6 Å². The summed E-state index contributed by atoms with van der Waals surface area (Å²) >= 11 is 0. The number of carbonyl (C=O) groups excluding carboxylic acids is 2. The van der Waals surface area contributed by atoms with E-state index in [0.29, 0.717) is 17.7 Å². The number of hydrogen-bond donors (Lipinski definition) is 0. The Kier molecular flexibility index (Phi) is 4.26. The predicted octanol–water partition coefficient (Wildman–Crippen LogP) is 2.79. The van der Waals surface area contributed by atoms with E-state index in [2.05, 4.69) is 0 Å². The zero-order chi connectivity index (χ0) is 16.4. The van der Waals surface area contributed by atoms with E-state index >= 15 is 0 Å². The zero-order valence-corrected chi connectivity index (χ0v) is 13.3. The third-order valence-electron chi connectivity index (χ3n) is 4.00. The van der Waals surface area contributed by atoms with Crippen LogP contribution in [0, 0.1) is 0 Å². The highest BCUT2D eigenvalue weighted by atomic mass is 16.5. The molecule has 118 valence electrons. The first kappa shape index (κ1) is 15.4. The van der Waals surface area contributed by atoms with Gasteiger partial charge in [0, 0.05) is 17.7 Å². The van der Waals surface area contributed by atoms with Crippen molar-refractivity contribution in [3.05, 3.63) is 65.2 Å². The summed E-state index contributed by atoms with van der Waals surface area (Å²) in [4.78, 5) is 27.0. The molecule has 4 nitrogen and oxygen atoms in total. The molecule has 0 radical (unpaired) electrons. The average Bonchev–Trinajstić information content (AvgIpc) is 2.80. The summed E-state index contributed by atoms with van der Waals surface area (Å²) in [6, 6.07) is 14.2. The summed E-state index contributed by atoms with van der Waals surface area (Å²) in [6.45, 7) is 1.43. The van der Waals surface area contributed by atoms with Crippen molar-refractivity contribution in [1.29, 1.82) is 0 Å². The van der Waals surface area contributed by atoms with Gasteiger partial charge in [0.05, 0.1) is 0 Å². The summed E-state index contributed by atoms with van der Waals surface area (Å²) in [5.74, 6) is -0.215. The Morgan fingerprint density at radius 1 is 0.913 bits per heavy atom. The minimum absolute atomic E-state index is 0.119. The maximum absolute atomic E-state index is 12.5. The lowest BCUT2D eigenvalue weighted by atomic mass is 9.94. The van der Waals surface area contributed by atoms with Gasteiger partial charge in [-0.2, -0.15) is 0 Å². The minimum atomic E-state index is -0.719. The molecule has 4 heteroatoms. The molecule has 0 aliphatic heterocycles. The van der Waals surface area contributed by atoms with Crippen LogP contribution in [-0.4, -0.2) is 43.7 Å². The van der Waals surface area contributed by atoms with Crippen LogP contribution >= 0.6 is 0 Å². The molecule has 3 rings (SSSR count). The molecule has 0 aromatic heterocycles. The lowest BCUT2D eigenvalue weighted by molar-refractivity contribution is 0.0890. The van der Waals surface area contributed by atoms with Crippen molar-refractivity contribution < 1.29 is 14.3 Å². The van der Waals surface area contributed by atoms with E-state index in [-0.39, 0.29) is 11.6 Å². The van der Waals surface area contributed by atoms with Crippen LogP contribution in [0.5, 0.6) is 5.75 Å². The second kappa shape index (κ2) is 6.34. The fraction of sp³-hybridized carbons (Fsp3) is 0.263. The number of ether oxygens (including phenoxy) is 1. The lowest BCUT2D eigenvalue weighted by Gasteiger charge is -2.12. The summed E-state index contributed by atoms with van der Waals surface area (Å²) < 4.78 is 5.64. The molecular weight excluding hydrogens is 290 g/mol. The first-order valence-corrected chi connectivity index (χ1v) is 7.63. The molecule has 0 spiro atoms. The fourth-order valence-electron chi connectivity index (χ4n) is 2.75. The molecule has 1 aliphatic rings. The van der Waals surface area contributed by atoms with Gasteiger partial charge in [-0.3, -0.25) is 9.59 Å². The Balaban J connectivity index is 1.76. The standard InChI is InChI=1S/C19H19NO3/c1-20(2)11-12-23-14-9-7-13(8-10-14)17-18(21)15-5-3-4-6-16(15)19(17)22/h3-10,17H,11-12H2,1-2H3. The third-order valence-corrected chi connectivity index (χ3v) is 4.00. The average molecular weight is 309 g/mol. The van der Waals surface area contributed by atoms with E-state index in [9.17, 15) is 9.59 Å².